The van der Waals surface area contributed by atoms with Crippen LogP contribution in [-0.2, 0) is 0 Å². The Bertz CT molecular complexity index is 440. The van der Waals surface area contributed by atoms with Gasteiger partial charge in [-0.2, -0.15) is 0 Å². The summed E-state index contributed by atoms with van der Waals surface area (Å²) in [5.41, 5.74) is 0.250. The third-order valence-corrected chi connectivity index (χ3v) is 4.27. The molecular formula is C12H16Br2Cl2F2N2O. The van der Waals surface area contributed by atoms with Gasteiger partial charge in [-0.3, -0.25) is 4.90 Å². The van der Waals surface area contributed by atoms with E-state index in [0.717, 1.165) is 0 Å². The quantitative estimate of drug-likeness (QED) is 0.698. The second-order valence-electron chi connectivity index (χ2n) is 4.39. The number of piperazine rings is 1. The summed E-state index contributed by atoms with van der Waals surface area (Å²) >= 11 is 6.50. The van der Waals surface area contributed by atoms with Crippen LogP contribution in [0.25, 0.3) is 0 Å². The molecule has 0 saturated carbocycles. The first-order valence-electron chi connectivity index (χ1n) is 5.91. The molecule has 122 valence electrons. The monoisotopic (exact) mass is 470 g/mol. The van der Waals surface area contributed by atoms with E-state index in [1.165, 1.54) is 6.07 Å². The van der Waals surface area contributed by atoms with Crippen molar-refractivity contribution in [1.82, 2.24) is 10.2 Å². The molecule has 0 unspecified atom stereocenters. The number of nitrogens with one attached hydrogen (secondary N) is 1. The highest BCUT2D eigenvalue weighted by Gasteiger charge is 2.33. The van der Waals surface area contributed by atoms with Crippen LogP contribution < -0.4 is 5.32 Å². The lowest BCUT2D eigenvalue weighted by atomic mass is 10.0. The van der Waals surface area contributed by atoms with Crippen molar-refractivity contribution < 1.29 is 13.9 Å². The first kappa shape index (κ1) is 21.3. The van der Waals surface area contributed by atoms with Crippen molar-refractivity contribution in [3.63, 3.8) is 0 Å². The maximum absolute atomic E-state index is 13.4. The average Bonchev–Trinajstić information content (AvgIpc) is 2.34. The van der Waals surface area contributed by atoms with E-state index < -0.39 is 12.5 Å². The molecule has 0 aromatic heterocycles. The van der Waals surface area contributed by atoms with Crippen molar-refractivity contribution in [3.8, 4) is 5.75 Å². The Morgan fingerprint density at radius 2 is 1.71 bits per heavy atom. The second kappa shape index (κ2) is 9.47. The standard InChI is InChI=1S/C12H14Br2F2N2O.2ClH/c13-7-5-8(14)10(9(19)6-7)11(12(15)16)18-3-1-17-2-4-18;;/h5-6,11-12,17,19H,1-4H2;2*1H/t11-;;/m0../s1. The molecule has 3 nitrogen and oxygen atoms in total. The van der Waals surface area contributed by atoms with Crippen LogP contribution in [0, 0.1) is 0 Å². The van der Waals surface area contributed by atoms with Gasteiger partial charge in [0.25, 0.3) is 6.43 Å². The van der Waals surface area contributed by atoms with Gasteiger partial charge in [0.15, 0.2) is 0 Å². The number of aromatic hydroxyl groups is 1. The SMILES string of the molecule is Cl.Cl.Oc1cc(Br)cc(Br)c1[C@@H](C(F)F)N1CCNCC1. The number of hydrogen-bond donors (Lipinski definition) is 2. The Balaban J connectivity index is 0.00000200. The molecule has 0 radical (unpaired) electrons. The maximum atomic E-state index is 13.4. The Hall–Kier alpha value is 0.340. The molecule has 1 aromatic carbocycles. The summed E-state index contributed by atoms with van der Waals surface area (Å²) in [4.78, 5) is 1.70. The van der Waals surface area contributed by atoms with Gasteiger partial charge in [-0.15, -0.1) is 24.8 Å². The molecular weight excluding hydrogens is 457 g/mol. The third-order valence-electron chi connectivity index (χ3n) is 3.15. The Labute approximate surface area is 151 Å². The van der Waals surface area contributed by atoms with Crippen LogP contribution in [0.3, 0.4) is 0 Å². The van der Waals surface area contributed by atoms with E-state index in [-0.39, 0.29) is 36.1 Å². The minimum absolute atomic E-state index is 0. The van der Waals surface area contributed by atoms with Crippen LogP contribution in [-0.4, -0.2) is 42.6 Å². The second-order valence-corrected chi connectivity index (χ2v) is 6.16. The van der Waals surface area contributed by atoms with Gasteiger partial charge in [-0.1, -0.05) is 31.9 Å². The number of phenols is 1. The van der Waals surface area contributed by atoms with E-state index in [4.69, 9.17) is 0 Å². The molecule has 1 aromatic rings. The average molecular weight is 473 g/mol. The molecule has 1 aliphatic heterocycles. The van der Waals surface area contributed by atoms with Crippen LogP contribution in [0.15, 0.2) is 21.1 Å². The summed E-state index contributed by atoms with van der Waals surface area (Å²) in [6.07, 6.45) is -2.55. The molecule has 1 atom stereocenters. The summed E-state index contributed by atoms with van der Waals surface area (Å²) < 4.78 is 28.0. The van der Waals surface area contributed by atoms with Gasteiger partial charge >= 0.3 is 0 Å². The van der Waals surface area contributed by atoms with Gasteiger partial charge in [0.2, 0.25) is 0 Å². The van der Waals surface area contributed by atoms with E-state index >= 15 is 0 Å². The van der Waals surface area contributed by atoms with Gasteiger partial charge < -0.3 is 10.4 Å². The van der Waals surface area contributed by atoms with Gasteiger partial charge in [0.1, 0.15) is 11.8 Å². The molecule has 1 aliphatic rings. The number of rotatable bonds is 3. The first-order valence-corrected chi connectivity index (χ1v) is 7.50. The molecule has 2 rings (SSSR count). The molecule has 2 N–H and O–H groups in total. The van der Waals surface area contributed by atoms with Crippen molar-refractivity contribution in [2.75, 3.05) is 26.2 Å². The van der Waals surface area contributed by atoms with E-state index in [0.29, 0.717) is 35.1 Å². The molecule has 21 heavy (non-hydrogen) atoms. The van der Waals surface area contributed by atoms with Crippen molar-refractivity contribution in [2.45, 2.75) is 12.5 Å². The number of phenolic OH excluding ortho intramolecular Hbond substituents is 1. The van der Waals surface area contributed by atoms with E-state index in [1.54, 1.807) is 11.0 Å². The maximum Gasteiger partial charge on any atom is 0.258 e. The summed E-state index contributed by atoms with van der Waals surface area (Å²) in [5.74, 6) is -0.120. The predicted octanol–water partition coefficient (Wildman–Crippen LogP) is 3.97. The van der Waals surface area contributed by atoms with Gasteiger partial charge in [0.05, 0.1) is 0 Å². The Morgan fingerprint density at radius 1 is 1.14 bits per heavy atom. The molecule has 0 aliphatic carbocycles. The van der Waals surface area contributed by atoms with Crippen LogP contribution >= 0.6 is 56.7 Å². The fraction of sp³-hybridized carbons (Fsp3) is 0.500. The summed E-state index contributed by atoms with van der Waals surface area (Å²) in [6.45, 7) is 2.43. The largest absolute Gasteiger partial charge is 0.508 e. The van der Waals surface area contributed by atoms with Gasteiger partial charge in [-0.25, -0.2) is 8.78 Å². The molecule has 0 spiro atoms. The third kappa shape index (κ3) is 5.18. The molecule has 0 amide bonds. The minimum atomic E-state index is -2.55. The highest BCUT2D eigenvalue weighted by molar-refractivity contribution is 9.11. The van der Waals surface area contributed by atoms with E-state index in [2.05, 4.69) is 37.2 Å². The molecule has 0 bridgehead atoms. The zero-order chi connectivity index (χ0) is 14.0. The number of hydrogen-bond acceptors (Lipinski definition) is 3. The molecule has 1 fully saturated rings. The van der Waals surface area contributed by atoms with Gasteiger partial charge in [-0.05, 0) is 12.1 Å². The smallest absolute Gasteiger partial charge is 0.258 e. The molecule has 1 heterocycles. The van der Waals surface area contributed by atoms with Crippen LogP contribution in [0.2, 0.25) is 0 Å². The number of benzene rings is 1. The molecule has 9 heteroatoms. The fourth-order valence-electron chi connectivity index (χ4n) is 2.29. The molecule has 1 saturated heterocycles. The van der Waals surface area contributed by atoms with E-state index in [1.807, 2.05) is 0 Å². The minimum Gasteiger partial charge on any atom is -0.508 e. The number of halogens is 6. The summed E-state index contributed by atoms with van der Waals surface area (Å²) in [7, 11) is 0. The lowest BCUT2D eigenvalue weighted by Crippen LogP contribution is -2.47. The highest BCUT2D eigenvalue weighted by atomic mass is 79.9. The fourth-order valence-corrected chi connectivity index (χ4v) is 3.73. The lowest BCUT2D eigenvalue weighted by molar-refractivity contribution is 0.0166. The van der Waals surface area contributed by atoms with Crippen molar-refractivity contribution in [3.05, 3.63) is 26.6 Å². The summed E-state index contributed by atoms with van der Waals surface area (Å²) in [5, 5.41) is 13.1. The van der Waals surface area contributed by atoms with Crippen LogP contribution in [0.1, 0.15) is 11.6 Å². The predicted molar refractivity (Wildman–Crippen MR) is 91.2 cm³/mol. The first-order chi connectivity index (χ1) is 9.00. The summed E-state index contributed by atoms with van der Waals surface area (Å²) in [6, 6.07) is 2.02. The zero-order valence-corrected chi connectivity index (χ0v) is 15.7. The van der Waals surface area contributed by atoms with E-state index in [9.17, 15) is 13.9 Å². The highest BCUT2D eigenvalue weighted by Crippen LogP contribution is 2.40. The Kier molecular flexibility index (Phi) is 9.63. The van der Waals surface area contributed by atoms with Crippen molar-refractivity contribution in [1.29, 1.82) is 0 Å². The van der Waals surface area contributed by atoms with Gasteiger partial charge in [0, 0.05) is 40.7 Å². The zero-order valence-electron chi connectivity index (χ0n) is 10.9. The van der Waals surface area contributed by atoms with Crippen LogP contribution in [0.5, 0.6) is 5.75 Å². The number of alkyl halides is 2. The van der Waals surface area contributed by atoms with Crippen molar-refractivity contribution in [2.24, 2.45) is 0 Å². The normalized spacial score (nSPS) is 17.0. The lowest BCUT2D eigenvalue weighted by Gasteiger charge is -2.35. The van der Waals surface area contributed by atoms with Crippen LogP contribution in [0.4, 0.5) is 8.78 Å². The Morgan fingerprint density at radius 3 is 2.19 bits per heavy atom. The van der Waals surface area contributed by atoms with Crippen molar-refractivity contribution >= 4 is 56.7 Å². The number of nitrogens with zero attached hydrogens (tertiary/aromatic N) is 1. The topological polar surface area (TPSA) is 35.5 Å².